The number of hydrogen-bond donors (Lipinski definition) is 2. The van der Waals surface area contributed by atoms with E-state index in [1.807, 2.05) is 19.9 Å². The number of nitrogens with zero attached hydrogens (tertiary/aromatic N) is 1. The average molecular weight is 334 g/mol. The molecule has 1 aliphatic carbocycles. The van der Waals surface area contributed by atoms with Gasteiger partial charge in [0.05, 0.1) is 24.4 Å². The number of nitrogens with one attached hydrogen (secondary N) is 1. The summed E-state index contributed by atoms with van der Waals surface area (Å²) < 4.78 is 5.96. The minimum Gasteiger partial charge on any atom is -0.389 e. The minimum absolute atomic E-state index is 0.0168. The van der Waals surface area contributed by atoms with Crippen molar-refractivity contribution in [3.8, 4) is 0 Å². The summed E-state index contributed by atoms with van der Waals surface area (Å²) >= 11 is 0. The molecule has 0 spiro atoms. The fraction of sp³-hybridized carbons (Fsp3) is 0.632. The van der Waals surface area contributed by atoms with Crippen molar-refractivity contribution in [1.82, 2.24) is 10.2 Å². The molecule has 5 heteroatoms. The van der Waals surface area contributed by atoms with E-state index in [1.165, 1.54) is 11.1 Å². The molecule has 0 aliphatic heterocycles. The Bertz CT molecular complexity index is 557. The number of β-amino-alcohol motifs (C(OH)–C–C–N with tert-alkyl or cyclic N) is 1. The first-order valence-electron chi connectivity index (χ1n) is 8.65. The number of aryl methyl sites for hydroxylation is 1. The van der Waals surface area contributed by atoms with Crippen LogP contribution in [0.2, 0.25) is 0 Å². The summed E-state index contributed by atoms with van der Waals surface area (Å²) in [6.07, 6.45) is 2.61. The van der Waals surface area contributed by atoms with Crippen molar-refractivity contribution in [2.75, 3.05) is 27.2 Å². The molecule has 24 heavy (non-hydrogen) atoms. The summed E-state index contributed by atoms with van der Waals surface area (Å²) in [5, 5.41) is 13.3. The summed E-state index contributed by atoms with van der Waals surface area (Å²) in [4.78, 5) is 13.6. The van der Waals surface area contributed by atoms with Gasteiger partial charge in [-0.1, -0.05) is 24.3 Å². The number of ether oxygens (including phenoxy) is 1. The molecule has 1 aromatic rings. The first kappa shape index (κ1) is 18.9. The Hall–Kier alpha value is -1.43. The summed E-state index contributed by atoms with van der Waals surface area (Å²) in [7, 11) is 3.46. The molecule has 0 radical (unpaired) electrons. The van der Waals surface area contributed by atoms with Crippen molar-refractivity contribution in [2.45, 2.75) is 50.9 Å². The topological polar surface area (TPSA) is 61.8 Å². The second-order valence-corrected chi connectivity index (χ2v) is 7.27. The molecule has 2 rings (SSSR count). The molecule has 1 aromatic carbocycles. The third-order valence-corrected chi connectivity index (χ3v) is 4.52. The molecule has 0 fully saturated rings. The van der Waals surface area contributed by atoms with Crippen LogP contribution in [0.15, 0.2) is 24.3 Å². The van der Waals surface area contributed by atoms with Gasteiger partial charge in [-0.2, -0.15) is 0 Å². The molecule has 1 aliphatic rings. The largest absolute Gasteiger partial charge is 0.389 e. The molecular formula is C19H30N2O3. The highest BCUT2D eigenvalue weighted by Gasteiger charge is 2.29. The van der Waals surface area contributed by atoms with Crippen LogP contribution in [0.3, 0.4) is 0 Å². The number of carbonyl (C=O) groups is 1. The molecule has 0 saturated heterocycles. The van der Waals surface area contributed by atoms with E-state index in [1.54, 1.807) is 19.0 Å². The number of aliphatic hydroxyl groups is 1. The van der Waals surface area contributed by atoms with Crippen molar-refractivity contribution in [3.63, 3.8) is 0 Å². The highest BCUT2D eigenvalue weighted by molar-refractivity contribution is 5.85. The monoisotopic (exact) mass is 334 g/mol. The zero-order valence-electron chi connectivity index (χ0n) is 15.2. The summed E-state index contributed by atoms with van der Waals surface area (Å²) in [5.74, 6) is -0.0168. The predicted molar refractivity (Wildman–Crippen MR) is 94.9 cm³/mol. The van der Waals surface area contributed by atoms with Gasteiger partial charge in [0.15, 0.2) is 0 Å². The highest BCUT2D eigenvalue weighted by atomic mass is 16.5. The third-order valence-electron chi connectivity index (χ3n) is 4.52. The fourth-order valence-electron chi connectivity index (χ4n) is 3.18. The molecule has 0 bridgehead atoms. The Kier molecular flexibility index (Phi) is 6.38. The van der Waals surface area contributed by atoms with Gasteiger partial charge < -0.3 is 20.1 Å². The van der Waals surface area contributed by atoms with Gasteiger partial charge >= 0.3 is 0 Å². The molecular weight excluding hydrogens is 304 g/mol. The lowest BCUT2D eigenvalue weighted by Crippen LogP contribution is -2.54. The zero-order valence-corrected chi connectivity index (χ0v) is 15.2. The number of amides is 1. The van der Waals surface area contributed by atoms with Gasteiger partial charge in [0.1, 0.15) is 0 Å². The van der Waals surface area contributed by atoms with E-state index in [-0.39, 0.29) is 18.6 Å². The molecule has 2 atom stereocenters. The number of benzene rings is 1. The second-order valence-electron chi connectivity index (χ2n) is 7.27. The van der Waals surface area contributed by atoms with Crippen LogP contribution in [-0.2, 0) is 16.0 Å². The summed E-state index contributed by atoms with van der Waals surface area (Å²) in [6, 6.07) is 8.36. The summed E-state index contributed by atoms with van der Waals surface area (Å²) in [6.45, 7) is 4.22. The maximum Gasteiger partial charge on any atom is 0.241 e. The van der Waals surface area contributed by atoms with Crippen LogP contribution in [0.25, 0.3) is 0 Å². The molecule has 0 heterocycles. The number of aliphatic hydroxyl groups excluding tert-OH is 1. The van der Waals surface area contributed by atoms with Crippen molar-refractivity contribution in [3.05, 3.63) is 35.4 Å². The molecule has 0 aromatic heterocycles. The van der Waals surface area contributed by atoms with Crippen LogP contribution in [0.4, 0.5) is 0 Å². The van der Waals surface area contributed by atoms with Crippen LogP contribution in [-0.4, -0.2) is 54.8 Å². The van der Waals surface area contributed by atoms with Gasteiger partial charge in [-0.15, -0.1) is 0 Å². The van der Waals surface area contributed by atoms with Crippen molar-refractivity contribution in [2.24, 2.45) is 0 Å². The molecule has 134 valence electrons. The molecule has 5 nitrogen and oxygen atoms in total. The van der Waals surface area contributed by atoms with E-state index in [2.05, 4.69) is 23.5 Å². The first-order valence-corrected chi connectivity index (χ1v) is 8.65. The number of hydrogen-bond acceptors (Lipinski definition) is 4. The predicted octanol–water partition coefficient (Wildman–Crippen LogP) is 1.90. The lowest BCUT2D eigenvalue weighted by atomic mass is 9.89. The zero-order chi connectivity index (χ0) is 17.7. The minimum atomic E-state index is -0.706. The van der Waals surface area contributed by atoms with E-state index < -0.39 is 11.6 Å². The quantitative estimate of drug-likeness (QED) is 0.799. The van der Waals surface area contributed by atoms with Crippen molar-refractivity contribution >= 4 is 5.91 Å². The first-order chi connectivity index (χ1) is 11.3. The van der Waals surface area contributed by atoms with E-state index >= 15 is 0 Å². The fourth-order valence-corrected chi connectivity index (χ4v) is 3.18. The van der Waals surface area contributed by atoms with Crippen molar-refractivity contribution < 1.29 is 14.6 Å². The van der Waals surface area contributed by atoms with Gasteiger partial charge in [0.25, 0.3) is 0 Å². The van der Waals surface area contributed by atoms with E-state index in [0.717, 1.165) is 19.3 Å². The van der Waals surface area contributed by atoms with Crippen LogP contribution in [0.1, 0.15) is 43.9 Å². The Morgan fingerprint density at radius 3 is 2.83 bits per heavy atom. The highest BCUT2D eigenvalue weighted by Crippen LogP contribution is 2.32. The second kappa shape index (κ2) is 8.10. The van der Waals surface area contributed by atoms with Crippen LogP contribution in [0, 0.1) is 0 Å². The van der Waals surface area contributed by atoms with Gasteiger partial charge in [-0.25, -0.2) is 0 Å². The smallest absolute Gasteiger partial charge is 0.241 e. The molecule has 2 N–H and O–H groups in total. The summed E-state index contributed by atoms with van der Waals surface area (Å²) in [5.41, 5.74) is 1.88. The van der Waals surface area contributed by atoms with Gasteiger partial charge in [0, 0.05) is 20.6 Å². The lowest BCUT2D eigenvalue weighted by molar-refractivity contribution is -0.134. The Morgan fingerprint density at radius 2 is 2.12 bits per heavy atom. The van der Waals surface area contributed by atoms with Gasteiger partial charge in [-0.05, 0) is 44.2 Å². The van der Waals surface area contributed by atoms with Gasteiger partial charge in [-0.3, -0.25) is 4.79 Å². The van der Waals surface area contributed by atoms with Crippen LogP contribution >= 0.6 is 0 Å². The normalized spacial score (nSPS) is 18.8. The Labute approximate surface area is 145 Å². The average Bonchev–Trinajstić information content (AvgIpc) is 2.57. The number of carbonyl (C=O) groups excluding carboxylic acids is 1. The van der Waals surface area contributed by atoms with E-state index in [4.69, 9.17) is 4.74 Å². The Morgan fingerprint density at radius 1 is 1.42 bits per heavy atom. The maximum atomic E-state index is 12.1. The van der Waals surface area contributed by atoms with Crippen molar-refractivity contribution in [1.29, 1.82) is 0 Å². The molecule has 1 amide bonds. The van der Waals surface area contributed by atoms with E-state index in [0.29, 0.717) is 6.54 Å². The Balaban J connectivity index is 1.82. The number of rotatable bonds is 7. The molecule has 0 saturated carbocycles. The number of fused-ring (bicyclic) bond motifs is 1. The van der Waals surface area contributed by atoms with Gasteiger partial charge in [0.2, 0.25) is 5.91 Å². The lowest BCUT2D eigenvalue weighted by Gasteiger charge is -2.30. The van der Waals surface area contributed by atoms with Crippen LogP contribution < -0.4 is 5.32 Å². The molecule has 2 unspecified atom stereocenters. The third kappa shape index (κ3) is 4.79. The van der Waals surface area contributed by atoms with Crippen LogP contribution in [0.5, 0.6) is 0 Å². The SMILES string of the molecule is CN(C)C(=O)C(C)(C)NCC(O)COC1CCCc2ccccc21. The number of likely N-dealkylation sites (N-methyl/N-ethyl adjacent to an activating group) is 1. The maximum absolute atomic E-state index is 12.1. The van der Waals surface area contributed by atoms with E-state index in [9.17, 15) is 9.90 Å². The standard InChI is InChI=1S/C19H30N2O3/c1-19(2,18(23)21(3)4)20-12-15(22)13-24-17-11-7-9-14-8-5-6-10-16(14)17/h5-6,8,10,15,17,20,22H,7,9,11-13H2,1-4H3.